The summed E-state index contributed by atoms with van der Waals surface area (Å²) in [5, 5.41) is 0. The Morgan fingerprint density at radius 2 is 1.40 bits per heavy atom. The fourth-order valence-electron chi connectivity index (χ4n) is 0. The van der Waals surface area contributed by atoms with Gasteiger partial charge in [-0.2, -0.15) is 0 Å². The van der Waals surface area contributed by atoms with E-state index in [1.165, 1.54) is 0 Å². The molecular formula is CH7F2OP. The van der Waals surface area contributed by atoms with Crippen LogP contribution in [0.4, 0.5) is 9.41 Å². The van der Waals surface area contributed by atoms with Crippen LogP contribution in [-0.4, -0.2) is 6.66 Å². The Balaban J connectivity index is -0.0000000200. The van der Waals surface area contributed by atoms with Crippen molar-refractivity contribution in [1.82, 2.24) is 0 Å². The number of hydrogen-bond acceptors (Lipinski definition) is 1. The predicted octanol–water partition coefficient (Wildman–Crippen LogP) is 0.677. The van der Waals surface area contributed by atoms with Crippen molar-refractivity contribution < 1.29 is 14.0 Å². The Labute approximate surface area is 30.3 Å². The molecule has 0 aromatic rings. The van der Waals surface area contributed by atoms with E-state index in [1.807, 2.05) is 0 Å². The van der Waals surface area contributed by atoms with Crippen LogP contribution in [0.1, 0.15) is 0 Å². The van der Waals surface area contributed by atoms with Gasteiger partial charge in [-0.25, -0.2) is 0 Å². The smallest absolute Gasteiger partial charge is 0.0616 e. The first-order valence-corrected chi connectivity index (χ1v) is 2.44. The zero-order valence-corrected chi connectivity index (χ0v) is 3.96. The quantitative estimate of drug-likeness (QED) is 0.413. The highest BCUT2D eigenvalue weighted by Crippen LogP contribution is 1.67. The fourth-order valence-corrected chi connectivity index (χ4v) is 0. The SMILES string of the molecule is C[PH2]=O.F.F. The van der Waals surface area contributed by atoms with Crippen LogP contribution in [0, 0.1) is 0 Å². The molecule has 0 N–H and O–H groups in total. The van der Waals surface area contributed by atoms with Gasteiger partial charge in [-0.1, -0.05) is 0 Å². The first-order chi connectivity index (χ1) is 1.41. The molecule has 0 aliphatic heterocycles. The molecule has 1 atom stereocenters. The van der Waals surface area contributed by atoms with Crippen LogP contribution in [0.5, 0.6) is 0 Å². The second kappa shape index (κ2) is 32.9. The van der Waals surface area contributed by atoms with Crippen LogP contribution in [-0.2, 0) is 4.57 Å². The van der Waals surface area contributed by atoms with Gasteiger partial charge in [0.2, 0.25) is 0 Å². The first-order valence-electron chi connectivity index (χ1n) is 0.813. The summed E-state index contributed by atoms with van der Waals surface area (Å²) in [6.07, 6.45) is 0. The van der Waals surface area contributed by atoms with Gasteiger partial charge in [0.05, 0.1) is 8.46 Å². The highest BCUT2D eigenvalue weighted by molar-refractivity contribution is 7.22. The van der Waals surface area contributed by atoms with Crippen molar-refractivity contribution in [3.8, 4) is 0 Å². The lowest BCUT2D eigenvalue weighted by molar-refractivity contribution is 0.601. The third kappa shape index (κ3) is 2210. The molecule has 0 rings (SSSR count). The average molecular weight is 104 g/mol. The van der Waals surface area contributed by atoms with Crippen LogP contribution in [0.15, 0.2) is 0 Å². The zero-order chi connectivity index (χ0) is 2.71. The highest BCUT2D eigenvalue weighted by Gasteiger charge is 1.21. The molecule has 0 fully saturated rings. The number of hydrogen-bond donors (Lipinski definition) is 0. The van der Waals surface area contributed by atoms with Gasteiger partial charge in [0.15, 0.2) is 0 Å². The van der Waals surface area contributed by atoms with E-state index in [1.54, 1.807) is 6.66 Å². The van der Waals surface area contributed by atoms with Gasteiger partial charge in [-0.3, -0.25) is 9.41 Å². The Bertz CT molecular complexity index is 17.1. The molecule has 0 aromatic carbocycles. The maximum atomic E-state index is 9.01. The van der Waals surface area contributed by atoms with E-state index in [-0.39, 0.29) is 9.41 Å². The van der Waals surface area contributed by atoms with Crippen molar-refractivity contribution in [3.63, 3.8) is 0 Å². The minimum Gasteiger partial charge on any atom is -0.330 e. The van der Waals surface area contributed by atoms with Crippen LogP contribution in [0.3, 0.4) is 0 Å². The van der Waals surface area contributed by atoms with Crippen LogP contribution < -0.4 is 0 Å². The van der Waals surface area contributed by atoms with E-state index in [0.717, 1.165) is 0 Å². The highest BCUT2D eigenvalue weighted by atomic mass is 31.1. The molecular weight excluding hydrogens is 97.0 g/mol. The third-order valence-corrected chi connectivity index (χ3v) is 0. The maximum absolute atomic E-state index is 9.01. The van der Waals surface area contributed by atoms with Gasteiger partial charge in [-0.15, -0.1) is 0 Å². The fraction of sp³-hybridized carbons (Fsp3) is 1.00. The van der Waals surface area contributed by atoms with Crippen molar-refractivity contribution in [1.29, 1.82) is 0 Å². The van der Waals surface area contributed by atoms with Crippen molar-refractivity contribution in [2.75, 3.05) is 6.66 Å². The molecule has 36 valence electrons. The Morgan fingerprint density at radius 3 is 1.40 bits per heavy atom. The minimum atomic E-state index is -0.500. The summed E-state index contributed by atoms with van der Waals surface area (Å²) >= 11 is 0. The molecule has 0 bridgehead atoms. The first kappa shape index (κ1) is 19.5. The summed E-state index contributed by atoms with van der Waals surface area (Å²) < 4.78 is 9.01. The molecule has 0 aromatic heterocycles. The van der Waals surface area contributed by atoms with E-state index >= 15 is 0 Å². The van der Waals surface area contributed by atoms with Crippen molar-refractivity contribution in [2.24, 2.45) is 0 Å². The summed E-state index contributed by atoms with van der Waals surface area (Å²) in [5.74, 6) is 0. The van der Waals surface area contributed by atoms with E-state index in [0.29, 0.717) is 0 Å². The lowest BCUT2D eigenvalue weighted by atomic mass is 12.0. The van der Waals surface area contributed by atoms with Gasteiger partial charge in [0.1, 0.15) is 0 Å². The third-order valence-electron chi connectivity index (χ3n) is 0. The van der Waals surface area contributed by atoms with Gasteiger partial charge in [0, 0.05) is 0 Å². The molecule has 0 amide bonds. The Morgan fingerprint density at radius 1 is 1.40 bits per heavy atom. The molecule has 0 saturated carbocycles. The summed E-state index contributed by atoms with van der Waals surface area (Å²) in [5.41, 5.74) is 0. The summed E-state index contributed by atoms with van der Waals surface area (Å²) in [7, 11) is -0.500. The average Bonchev–Trinajstić information content (AvgIpc) is 0.918. The van der Waals surface area contributed by atoms with Gasteiger partial charge in [-0.05, 0) is 6.66 Å². The van der Waals surface area contributed by atoms with Crippen molar-refractivity contribution in [2.45, 2.75) is 0 Å². The van der Waals surface area contributed by atoms with E-state index in [4.69, 9.17) is 4.57 Å². The molecule has 1 unspecified atom stereocenters. The molecule has 0 saturated heterocycles. The zero-order valence-electron chi connectivity index (χ0n) is 2.80. The second-order valence-electron chi connectivity index (χ2n) is 0.236. The molecule has 0 aliphatic rings. The predicted molar refractivity (Wildman–Crippen MR) is 21.3 cm³/mol. The molecule has 1 nitrogen and oxygen atoms in total. The molecule has 0 radical (unpaired) electrons. The van der Waals surface area contributed by atoms with E-state index < -0.39 is 8.46 Å². The largest absolute Gasteiger partial charge is 0.330 e. The standard InChI is InChI=1S/CH5OP.2FH/c1-3-2;;/h3H2,1H3;2*1H. The van der Waals surface area contributed by atoms with Crippen LogP contribution in [0.25, 0.3) is 0 Å². The lowest BCUT2D eigenvalue weighted by Gasteiger charge is -1.27. The molecule has 0 heterocycles. The lowest BCUT2D eigenvalue weighted by Crippen LogP contribution is -0.988. The van der Waals surface area contributed by atoms with Crippen molar-refractivity contribution >= 4 is 8.46 Å². The van der Waals surface area contributed by atoms with Crippen LogP contribution >= 0.6 is 8.46 Å². The molecule has 0 spiro atoms. The monoisotopic (exact) mass is 104 g/mol. The van der Waals surface area contributed by atoms with E-state index in [9.17, 15) is 0 Å². The molecule has 0 aliphatic carbocycles. The van der Waals surface area contributed by atoms with Crippen LogP contribution in [0.2, 0.25) is 0 Å². The normalized spacial score (nSPS) is 5.80. The van der Waals surface area contributed by atoms with Crippen molar-refractivity contribution in [3.05, 3.63) is 0 Å². The maximum Gasteiger partial charge on any atom is 0.0616 e. The molecule has 4 heteroatoms. The Kier molecular flexibility index (Phi) is 128. The van der Waals surface area contributed by atoms with E-state index in [2.05, 4.69) is 0 Å². The minimum absolute atomic E-state index is 0. The Hall–Kier alpha value is 0.0900. The number of halogens is 2. The van der Waals surface area contributed by atoms with Gasteiger partial charge < -0.3 is 4.57 Å². The van der Waals surface area contributed by atoms with Gasteiger partial charge in [0.25, 0.3) is 0 Å². The summed E-state index contributed by atoms with van der Waals surface area (Å²) in [6.45, 7) is 1.65. The number of rotatable bonds is 0. The molecule has 5 heavy (non-hydrogen) atoms. The second-order valence-corrected chi connectivity index (χ2v) is 0.707. The summed E-state index contributed by atoms with van der Waals surface area (Å²) in [4.78, 5) is 0. The summed E-state index contributed by atoms with van der Waals surface area (Å²) in [6, 6.07) is 0. The topological polar surface area (TPSA) is 17.1 Å². The van der Waals surface area contributed by atoms with Gasteiger partial charge >= 0.3 is 0 Å².